The summed E-state index contributed by atoms with van der Waals surface area (Å²) in [6, 6.07) is 7.89. The van der Waals surface area contributed by atoms with E-state index in [1.165, 1.54) is 30.3 Å². The van der Waals surface area contributed by atoms with Gasteiger partial charge in [-0.3, -0.25) is 4.79 Å². The van der Waals surface area contributed by atoms with Gasteiger partial charge in [0.15, 0.2) is 18.5 Å². The Balaban J connectivity index is 1.72. The normalized spacial score (nSPS) is 31.1. The predicted octanol–water partition coefficient (Wildman–Crippen LogP) is -0.0560. The van der Waals surface area contributed by atoms with Crippen molar-refractivity contribution in [3.8, 4) is 23.0 Å². The van der Waals surface area contributed by atoms with Crippen LogP contribution >= 0.6 is 0 Å². The largest absolute Gasteiger partial charge is 0.508 e. The molecule has 1 fully saturated rings. The van der Waals surface area contributed by atoms with Gasteiger partial charge in [0.1, 0.15) is 46.9 Å². The maximum absolute atomic E-state index is 13.2. The zero-order chi connectivity index (χ0) is 21.6. The SMILES string of the molecule is O=C1c2c(O)cc(O)cc2O[C@H](c2ccc(O)cc2)[C@H]1O[C@H]1OC[C@@H](O)[C@H](O)[C@H]1O. The molecule has 0 radical (unpaired) electrons. The highest BCUT2D eigenvalue weighted by Gasteiger charge is 2.46. The van der Waals surface area contributed by atoms with Gasteiger partial charge in [-0.2, -0.15) is 0 Å². The van der Waals surface area contributed by atoms with Gasteiger partial charge in [0.05, 0.1) is 6.61 Å². The van der Waals surface area contributed by atoms with E-state index in [4.69, 9.17) is 14.2 Å². The predicted molar refractivity (Wildman–Crippen MR) is 98.2 cm³/mol. The van der Waals surface area contributed by atoms with Crippen LogP contribution in [-0.4, -0.2) is 73.7 Å². The van der Waals surface area contributed by atoms with Gasteiger partial charge < -0.3 is 44.8 Å². The third-order valence-electron chi connectivity index (χ3n) is 5.06. The van der Waals surface area contributed by atoms with Crippen LogP contribution < -0.4 is 4.74 Å². The number of Topliss-reactive ketones (excluding diaryl/α,β-unsaturated/α-hetero) is 1. The molecule has 0 spiro atoms. The Morgan fingerprint density at radius 1 is 0.933 bits per heavy atom. The number of carbonyl (C=O) groups is 1. The van der Waals surface area contributed by atoms with Crippen LogP contribution in [0.4, 0.5) is 0 Å². The number of benzene rings is 2. The summed E-state index contributed by atoms with van der Waals surface area (Å²) in [5.74, 6) is -1.63. The van der Waals surface area contributed by atoms with E-state index in [9.17, 15) is 35.4 Å². The molecule has 2 aromatic carbocycles. The summed E-state index contributed by atoms with van der Waals surface area (Å²) in [7, 11) is 0. The van der Waals surface area contributed by atoms with Gasteiger partial charge in [0, 0.05) is 12.1 Å². The second-order valence-electron chi connectivity index (χ2n) is 7.14. The van der Waals surface area contributed by atoms with Crippen molar-refractivity contribution < 1.29 is 49.6 Å². The molecule has 6 atom stereocenters. The summed E-state index contributed by atoms with van der Waals surface area (Å²) in [5.41, 5.74) is 0.198. The highest BCUT2D eigenvalue weighted by Crippen LogP contribution is 2.43. The summed E-state index contributed by atoms with van der Waals surface area (Å²) in [4.78, 5) is 13.2. The second-order valence-corrected chi connectivity index (χ2v) is 7.14. The van der Waals surface area contributed by atoms with E-state index < -0.39 is 48.3 Å². The van der Waals surface area contributed by atoms with E-state index in [1.54, 1.807) is 0 Å². The molecule has 0 unspecified atom stereocenters. The molecule has 0 amide bonds. The minimum Gasteiger partial charge on any atom is -0.508 e. The maximum Gasteiger partial charge on any atom is 0.203 e. The number of hydrogen-bond donors (Lipinski definition) is 6. The lowest BCUT2D eigenvalue weighted by Crippen LogP contribution is -2.56. The van der Waals surface area contributed by atoms with Crippen LogP contribution in [-0.2, 0) is 9.47 Å². The molecule has 2 aliphatic heterocycles. The van der Waals surface area contributed by atoms with E-state index >= 15 is 0 Å². The quantitative estimate of drug-likeness (QED) is 0.396. The van der Waals surface area contributed by atoms with Crippen molar-refractivity contribution in [2.24, 2.45) is 0 Å². The summed E-state index contributed by atoms with van der Waals surface area (Å²) in [5, 5.41) is 59.1. The van der Waals surface area contributed by atoms with Crippen LogP contribution in [0.3, 0.4) is 0 Å². The molecule has 0 saturated carbocycles. The van der Waals surface area contributed by atoms with Gasteiger partial charge >= 0.3 is 0 Å². The molecule has 1 saturated heterocycles. The number of fused-ring (bicyclic) bond motifs is 1. The van der Waals surface area contributed by atoms with Crippen molar-refractivity contribution in [2.45, 2.75) is 36.8 Å². The molecular weight excluding hydrogens is 400 g/mol. The van der Waals surface area contributed by atoms with Crippen molar-refractivity contribution in [3.05, 3.63) is 47.5 Å². The van der Waals surface area contributed by atoms with E-state index in [1.807, 2.05) is 0 Å². The minimum absolute atomic E-state index is 0.0165. The average Bonchev–Trinajstić information content (AvgIpc) is 2.70. The number of phenols is 3. The van der Waals surface area contributed by atoms with Crippen LogP contribution in [0.5, 0.6) is 23.0 Å². The van der Waals surface area contributed by atoms with Crippen LogP contribution in [0.15, 0.2) is 36.4 Å². The topological polar surface area (TPSA) is 166 Å². The maximum atomic E-state index is 13.2. The lowest BCUT2D eigenvalue weighted by atomic mass is 9.92. The zero-order valence-corrected chi connectivity index (χ0v) is 15.5. The highest BCUT2D eigenvalue weighted by atomic mass is 16.7. The first-order chi connectivity index (χ1) is 14.3. The van der Waals surface area contributed by atoms with E-state index in [0.717, 1.165) is 6.07 Å². The number of rotatable bonds is 3. The monoisotopic (exact) mass is 420 g/mol. The van der Waals surface area contributed by atoms with Crippen LogP contribution in [0, 0.1) is 0 Å². The Kier molecular flexibility index (Phi) is 5.26. The molecule has 2 heterocycles. The molecule has 2 aliphatic rings. The summed E-state index contributed by atoms with van der Waals surface area (Å²) in [6.45, 7) is -0.329. The molecule has 2 aromatic rings. The zero-order valence-electron chi connectivity index (χ0n) is 15.5. The number of hydrogen-bond acceptors (Lipinski definition) is 10. The van der Waals surface area contributed by atoms with Crippen LogP contribution in [0.2, 0.25) is 0 Å². The number of aromatic hydroxyl groups is 3. The molecule has 4 rings (SSSR count). The Bertz CT molecular complexity index is 943. The van der Waals surface area contributed by atoms with Crippen molar-refractivity contribution in [3.63, 3.8) is 0 Å². The molecule has 30 heavy (non-hydrogen) atoms. The van der Waals surface area contributed by atoms with Gasteiger partial charge in [0.25, 0.3) is 0 Å². The fourth-order valence-electron chi connectivity index (χ4n) is 3.49. The first kappa shape index (κ1) is 20.4. The Hall–Kier alpha value is -2.89. The molecule has 10 nitrogen and oxygen atoms in total. The van der Waals surface area contributed by atoms with Gasteiger partial charge in [-0.25, -0.2) is 0 Å². The third-order valence-corrected chi connectivity index (χ3v) is 5.06. The fourth-order valence-corrected chi connectivity index (χ4v) is 3.49. The number of phenolic OH excluding ortho intramolecular Hbond substituents is 3. The number of ether oxygens (including phenoxy) is 3. The lowest BCUT2D eigenvalue weighted by Gasteiger charge is -2.39. The Labute approximate surface area is 170 Å². The van der Waals surface area contributed by atoms with Gasteiger partial charge in [-0.15, -0.1) is 0 Å². The number of aliphatic hydroxyl groups is 3. The number of carbonyl (C=O) groups excluding carboxylic acids is 1. The van der Waals surface area contributed by atoms with E-state index in [0.29, 0.717) is 5.56 Å². The first-order valence-corrected chi connectivity index (χ1v) is 9.13. The lowest BCUT2D eigenvalue weighted by molar-refractivity contribution is -0.283. The molecule has 6 N–H and O–H groups in total. The van der Waals surface area contributed by atoms with Crippen LogP contribution in [0.25, 0.3) is 0 Å². The van der Waals surface area contributed by atoms with E-state index in [-0.39, 0.29) is 29.4 Å². The molecule has 0 bridgehead atoms. The summed E-state index contributed by atoms with van der Waals surface area (Å²) >= 11 is 0. The molecule has 160 valence electrons. The smallest absolute Gasteiger partial charge is 0.203 e. The van der Waals surface area contributed by atoms with Crippen molar-refractivity contribution >= 4 is 5.78 Å². The molecule has 0 aliphatic carbocycles. The standard InChI is InChI=1S/C20H20O10/c21-9-3-1-8(2-4-9)18-19(30-20-17(27)15(25)12(24)7-28-20)16(26)14-11(23)5-10(22)6-13(14)29-18/h1-6,12,15,17-25,27H,7H2/t12-,15+,17-,18-,19+,20-/m1/s1. The molecule has 0 aromatic heterocycles. The first-order valence-electron chi connectivity index (χ1n) is 9.13. The molecule has 10 heteroatoms. The van der Waals surface area contributed by atoms with Crippen LogP contribution in [0.1, 0.15) is 22.0 Å². The van der Waals surface area contributed by atoms with Gasteiger partial charge in [-0.1, -0.05) is 12.1 Å². The summed E-state index contributed by atoms with van der Waals surface area (Å²) < 4.78 is 16.7. The number of aliphatic hydroxyl groups excluding tert-OH is 3. The van der Waals surface area contributed by atoms with Crippen molar-refractivity contribution in [2.75, 3.05) is 6.61 Å². The highest BCUT2D eigenvalue weighted by molar-refractivity contribution is 6.05. The van der Waals surface area contributed by atoms with E-state index in [2.05, 4.69) is 0 Å². The fraction of sp³-hybridized carbons (Fsp3) is 0.350. The molecular formula is C20H20O10. The average molecular weight is 420 g/mol. The van der Waals surface area contributed by atoms with Gasteiger partial charge in [-0.05, 0) is 17.7 Å². The third kappa shape index (κ3) is 3.55. The summed E-state index contributed by atoms with van der Waals surface area (Å²) in [6.07, 6.45) is -8.48. The second kappa shape index (κ2) is 7.74. The van der Waals surface area contributed by atoms with Crippen molar-refractivity contribution in [1.82, 2.24) is 0 Å². The van der Waals surface area contributed by atoms with Gasteiger partial charge in [0.2, 0.25) is 5.78 Å². The Morgan fingerprint density at radius 3 is 2.33 bits per heavy atom. The minimum atomic E-state index is -1.64. The van der Waals surface area contributed by atoms with Crippen molar-refractivity contribution in [1.29, 1.82) is 0 Å². The Morgan fingerprint density at radius 2 is 1.63 bits per heavy atom. The number of ketones is 1.